The van der Waals surface area contributed by atoms with Gasteiger partial charge < -0.3 is 15.0 Å². The molecular weight excluding hydrogens is 446 g/mol. The molecule has 0 saturated carbocycles. The zero-order valence-corrected chi connectivity index (χ0v) is 20.8. The minimum atomic E-state index is -0.0263. The van der Waals surface area contributed by atoms with Gasteiger partial charge in [-0.2, -0.15) is 0 Å². The van der Waals surface area contributed by atoms with Crippen molar-refractivity contribution in [3.8, 4) is 16.2 Å². The van der Waals surface area contributed by atoms with Crippen LogP contribution in [0.5, 0.6) is 5.75 Å². The van der Waals surface area contributed by atoms with Crippen molar-refractivity contribution in [2.45, 2.75) is 20.8 Å². The van der Waals surface area contributed by atoms with E-state index >= 15 is 0 Å². The molecule has 3 aromatic rings. The Hall–Kier alpha value is -3.16. The van der Waals surface area contributed by atoms with E-state index in [-0.39, 0.29) is 11.8 Å². The van der Waals surface area contributed by atoms with Gasteiger partial charge in [0, 0.05) is 36.7 Å². The number of benzene rings is 2. The molecule has 1 aliphatic rings. The minimum absolute atomic E-state index is 0.00438. The maximum atomic E-state index is 13.3. The van der Waals surface area contributed by atoms with Gasteiger partial charge in [-0.15, -0.1) is 11.3 Å². The van der Waals surface area contributed by atoms with E-state index in [1.54, 1.807) is 0 Å². The third-order valence-electron chi connectivity index (χ3n) is 6.02. The van der Waals surface area contributed by atoms with Crippen LogP contribution in [0.3, 0.4) is 0 Å². The molecule has 34 heavy (non-hydrogen) atoms. The molecular formula is C27H31N3O3S. The maximum Gasteiger partial charge on any atom is 0.267 e. The van der Waals surface area contributed by atoms with Crippen LogP contribution >= 0.6 is 11.3 Å². The van der Waals surface area contributed by atoms with Crippen molar-refractivity contribution >= 4 is 28.8 Å². The topological polar surface area (TPSA) is 61.9 Å². The molecule has 2 heterocycles. The average molecular weight is 478 g/mol. The normalized spacial score (nSPS) is 14.1. The second-order valence-corrected chi connectivity index (χ2v) is 9.54. The molecule has 2 amide bonds. The highest BCUT2D eigenvalue weighted by Crippen LogP contribution is 2.37. The van der Waals surface area contributed by atoms with Crippen LogP contribution in [-0.4, -0.2) is 60.9 Å². The lowest BCUT2D eigenvalue weighted by atomic mass is 10.1. The van der Waals surface area contributed by atoms with Gasteiger partial charge in [0.05, 0.1) is 13.2 Å². The molecule has 178 valence electrons. The molecule has 0 radical (unpaired) electrons. The van der Waals surface area contributed by atoms with Gasteiger partial charge in [-0.25, -0.2) is 0 Å². The maximum absolute atomic E-state index is 13.3. The third-order valence-corrected chi connectivity index (χ3v) is 7.18. The number of nitrogens with one attached hydrogen (secondary N) is 1. The first-order chi connectivity index (χ1) is 16.5. The Morgan fingerprint density at radius 3 is 2.29 bits per heavy atom. The predicted molar refractivity (Wildman–Crippen MR) is 138 cm³/mol. The Kier molecular flexibility index (Phi) is 7.65. The summed E-state index contributed by atoms with van der Waals surface area (Å²) in [4.78, 5) is 31.6. The summed E-state index contributed by atoms with van der Waals surface area (Å²) in [5.74, 6) is 0.614. The molecule has 1 fully saturated rings. The molecule has 1 saturated heterocycles. The second kappa shape index (κ2) is 10.8. The van der Waals surface area contributed by atoms with Crippen molar-refractivity contribution in [3.05, 3.63) is 70.6 Å². The van der Waals surface area contributed by atoms with E-state index < -0.39 is 0 Å². The van der Waals surface area contributed by atoms with E-state index in [0.29, 0.717) is 50.0 Å². The highest BCUT2D eigenvalue weighted by atomic mass is 32.1. The Bertz CT molecular complexity index is 1130. The summed E-state index contributed by atoms with van der Waals surface area (Å²) in [5.41, 5.74) is 4.07. The largest absolute Gasteiger partial charge is 0.492 e. The molecule has 0 bridgehead atoms. The summed E-state index contributed by atoms with van der Waals surface area (Å²) in [5, 5.41) is 3.05. The number of hydrogen-bond donors (Lipinski definition) is 1. The van der Waals surface area contributed by atoms with Crippen LogP contribution in [0.1, 0.15) is 27.7 Å². The molecule has 7 heteroatoms. The number of piperazine rings is 1. The van der Waals surface area contributed by atoms with Gasteiger partial charge in [0.2, 0.25) is 5.91 Å². The molecule has 1 N–H and O–H groups in total. The number of para-hydroxylation sites is 1. The van der Waals surface area contributed by atoms with Crippen molar-refractivity contribution in [2.24, 2.45) is 0 Å². The van der Waals surface area contributed by atoms with Gasteiger partial charge in [-0.1, -0.05) is 48.5 Å². The quantitative estimate of drug-likeness (QED) is 0.530. The monoisotopic (exact) mass is 477 g/mol. The summed E-state index contributed by atoms with van der Waals surface area (Å²) in [7, 11) is 0. The number of thiophene rings is 1. The summed E-state index contributed by atoms with van der Waals surface area (Å²) in [6.45, 7) is 9.23. The summed E-state index contributed by atoms with van der Waals surface area (Å²) < 4.78 is 5.80. The van der Waals surface area contributed by atoms with Crippen LogP contribution < -0.4 is 10.1 Å². The first kappa shape index (κ1) is 24.0. The first-order valence-corrected chi connectivity index (χ1v) is 12.5. The van der Waals surface area contributed by atoms with Gasteiger partial charge in [-0.3, -0.25) is 14.5 Å². The molecule has 6 nitrogen and oxygen atoms in total. The first-order valence-electron chi connectivity index (χ1n) is 11.7. The second-order valence-electron chi connectivity index (χ2n) is 8.49. The highest BCUT2D eigenvalue weighted by molar-refractivity contribution is 7.17. The molecule has 1 aliphatic heterocycles. The lowest BCUT2D eigenvalue weighted by Gasteiger charge is -2.34. The Morgan fingerprint density at radius 1 is 0.971 bits per heavy atom. The SMILES string of the molecule is CCOc1cc(-c2ccccc2)sc1C(=O)N1CCN(CC(=O)Nc2c(C)cccc2C)CC1. The van der Waals surface area contributed by atoms with Gasteiger partial charge in [-0.05, 0) is 43.5 Å². The number of rotatable bonds is 7. The number of nitrogens with zero attached hydrogens (tertiary/aromatic N) is 2. The lowest BCUT2D eigenvalue weighted by molar-refractivity contribution is -0.117. The fraction of sp³-hybridized carbons (Fsp3) is 0.333. The van der Waals surface area contributed by atoms with E-state index in [1.165, 1.54) is 11.3 Å². The third kappa shape index (κ3) is 5.48. The number of ether oxygens (including phenoxy) is 1. The molecule has 2 aromatic carbocycles. The van der Waals surface area contributed by atoms with Crippen molar-refractivity contribution in [3.63, 3.8) is 0 Å². The Labute approximate surface area is 205 Å². The zero-order chi connectivity index (χ0) is 24.1. The van der Waals surface area contributed by atoms with Gasteiger partial charge in [0.15, 0.2) is 0 Å². The number of aryl methyl sites for hydroxylation is 2. The fourth-order valence-corrected chi connectivity index (χ4v) is 5.25. The molecule has 4 rings (SSSR count). The van der Waals surface area contributed by atoms with E-state index in [4.69, 9.17) is 4.74 Å². The summed E-state index contributed by atoms with van der Waals surface area (Å²) in [6, 6.07) is 18.0. The predicted octanol–water partition coefficient (Wildman–Crippen LogP) is 4.83. The van der Waals surface area contributed by atoms with Gasteiger partial charge in [0.25, 0.3) is 5.91 Å². The smallest absolute Gasteiger partial charge is 0.267 e. The van der Waals surface area contributed by atoms with Crippen molar-refractivity contribution < 1.29 is 14.3 Å². The van der Waals surface area contributed by atoms with Gasteiger partial charge >= 0.3 is 0 Å². The number of amides is 2. The lowest BCUT2D eigenvalue weighted by Crippen LogP contribution is -2.50. The van der Waals surface area contributed by atoms with E-state index in [2.05, 4.69) is 10.2 Å². The van der Waals surface area contributed by atoms with Crippen molar-refractivity contribution in [2.75, 3.05) is 44.6 Å². The Balaban J connectivity index is 1.37. The van der Waals surface area contributed by atoms with Crippen molar-refractivity contribution in [1.29, 1.82) is 0 Å². The number of carbonyl (C=O) groups is 2. The van der Waals surface area contributed by atoms with Gasteiger partial charge in [0.1, 0.15) is 10.6 Å². The average Bonchev–Trinajstić information content (AvgIpc) is 3.26. The fourth-order valence-electron chi connectivity index (χ4n) is 4.18. The Morgan fingerprint density at radius 2 is 1.65 bits per heavy atom. The molecule has 0 atom stereocenters. The van der Waals surface area contributed by atoms with Crippen LogP contribution in [0, 0.1) is 13.8 Å². The molecule has 0 unspecified atom stereocenters. The molecule has 0 spiro atoms. The molecule has 0 aliphatic carbocycles. The number of hydrogen-bond acceptors (Lipinski definition) is 5. The summed E-state index contributed by atoms with van der Waals surface area (Å²) in [6.07, 6.45) is 0. The minimum Gasteiger partial charge on any atom is -0.492 e. The molecule has 1 aromatic heterocycles. The summed E-state index contributed by atoms with van der Waals surface area (Å²) >= 11 is 1.48. The van der Waals surface area contributed by atoms with Crippen LogP contribution in [0.2, 0.25) is 0 Å². The van der Waals surface area contributed by atoms with Crippen LogP contribution in [0.4, 0.5) is 5.69 Å². The zero-order valence-electron chi connectivity index (χ0n) is 20.0. The van der Waals surface area contributed by atoms with E-state index in [1.807, 2.05) is 80.3 Å². The van der Waals surface area contributed by atoms with E-state index in [9.17, 15) is 9.59 Å². The van der Waals surface area contributed by atoms with Crippen molar-refractivity contribution in [1.82, 2.24) is 9.80 Å². The van der Waals surface area contributed by atoms with Crippen LogP contribution in [-0.2, 0) is 4.79 Å². The van der Waals surface area contributed by atoms with Crippen LogP contribution in [0.15, 0.2) is 54.6 Å². The highest BCUT2D eigenvalue weighted by Gasteiger charge is 2.27. The number of anilines is 1. The van der Waals surface area contributed by atoms with Crippen LogP contribution in [0.25, 0.3) is 10.4 Å². The standard InChI is InChI=1S/C27H31N3O3S/c1-4-33-22-17-23(21-11-6-5-7-12-21)34-26(22)27(32)30-15-13-29(14-16-30)18-24(31)28-25-19(2)9-8-10-20(25)3/h5-12,17H,4,13-16,18H2,1-3H3,(H,28,31). The van der Waals surface area contributed by atoms with E-state index in [0.717, 1.165) is 27.3 Å². The number of carbonyl (C=O) groups excluding carboxylic acids is 2.